The smallest absolute Gasteiger partial charge is 0.326 e. The molecule has 0 saturated carbocycles. The first-order valence-corrected chi connectivity index (χ1v) is 12.3. The number of hydrogen-bond acceptors (Lipinski definition) is 5. The highest BCUT2D eigenvalue weighted by atomic mass is 16.5. The molecule has 0 fully saturated rings. The van der Waals surface area contributed by atoms with Gasteiger partial charge in [0.25, 0.3) is 0 Å². The Morgan fingerprint density at radius 2 is 1.13 bits per heavy atom. The van der Waals surface area contributed by atoms with Crippen LogP contribution in [0.5, 0.6) is 11.8 Å². The van der Waals surface area contributed by atoms with Crippen molar-refractivity contribution in [2.45, 2.75) is 0 Å². The van der Waals surface area contributed by atoms with E-state index in [0.29, 0.717) is 17.4 Å². The summed E-state index contributed by atoms with van der Waals surface area (Å²) in [6.07, 6.45) is 1.82. The molecule has 6 nitrogen and oxygen atoms in total. The Labute approximate surface area is 218 Å². The zero-order valence-corrected chi connectivity index (χ0v) is 20.3. The Hall–Kier alpha value is -5.36. The minimum Gasteiger partial charge on any atom is -0.422 e. The van der Waals surface area contributed by atoms with Crippen LogP contribution in [0.4, 0.5) is 0 Å². The van der Waals surface area contributed by atoms with E-state index in [-0.39, 0.29) is 6.01 Å². The highest BCUT2D eigenvalue weighted by Crippen LogP contribution is 2.35. The molecule has 7 rings (SSSR count). The number of pyridine rings is 1. The van der Waals surface area contributed by atoms with Crippen molar-refractivity contribution in [1.82, 2.24) is 24.5 Å². The molecule has 3 aromatic heterocycles. The second-order valence-corrected chi connectivity index (χ2v) is 8.79. The minimum absolute atomic E-state index is 0.226. The number of aromatic nitrogens is 5. The molecule has 7 aromatic rings. The molecule has 0 N–H and O–H groups in total. The molecule has 0 bridgehead atoms. The van der Waals surface area contributed by atoms with Crippen LogP contribution in [0.1, 0.15) is 0 Å². The molecule has 180 valence electrons. The SMILES string of the molecule is c1ccc(-c2nc(Oc3ccccc3-n3c4ccccc4c4ncccc43)nc(-c3ccccc3)n2)cc1. The van der Waals surface area contributed by atoms with Crippen LogP contribution in [-0.4, -0.2) is 24.5 Å². The van der Waals surface area contributed by atoms with Crippen molar-refractivity contribution >= 4 is 21.9 Å². The van der Waals surface area contributed by atoms with Gasteiger partial charge in [-0.2, -0.15) is 9.97 Å². The van der Waals surface area contributed by atoms with E-state index in [1.165, 1.54) is 0 Å². The molecule has 0 unspecified atom stereocenters. The van der Waals surface area contributed by atoms with Crippen molar-refractivity contribution < 1.29 is 4.74 Å². The van der Waals surface area contributed by atoms with Crippen LogP contribution < -0.4 is 4.74 Å². The van der Waals surface area contributed by atoms with Crippen LogP contribution in [0.2, 0.25) is 0 Å². The molecule has 0 amide bonds. The van der Waals surface area contributed by atoms with Gasteiger partial charge in [-0.05, 0) is 30.3 Å². The lowest BCUT2D eigenvalue weighted by Gasteiger charge is -2.14. The summed E-state index contributed by atoms with van der Waals surface area (Å²) in [5.41, 5.74) is 5.63. The summed E-state index contributed by atoms with van der Waals surface area (Å²) in [7, 11) is 0. The maximum Gasteiger partial charge on any atom is 0.326 e. The topological polar surface area (TPSA) is 65.7 Å². The highest BCUT2D eigenvalue weighted by Gasteiger charge is 2.18. The fourth-order valence-electron chi connectivity index (χ4n) is 4.70. The molecular formula is C32H21N5O. The number of hydrogen-bond donors (Lipinski definition) is 0. The van der Waals surface area contributed by atoms with E-state index in [2.05, 4.69) is 27.8 Å². The van der Waals surface area contributed by atoms with Crippen LogP contribution in [0.15, 0.2) is 128 Å². The summed E-state index contributed by atoms with van der Waals surface area (Å²) in [4.78, 5) is 18.8. The van der Waals surface area contributed by atoms with Gasteiger partial charge in [0.15, 0.2) is 17.4 Å². The number of rotatable bonds is 5. The third-order valence-electron chi connectivity index (χ3n) is 6.41. The fraction of sp³-hybridized carbons (Fsp3) is 0. The molecule has 0 saturated heterocycles. The summed E-state index contributed by atoms with van der Waals surface area (Å²) in [5.74, 6) is 1.73. The Balaban J connectivity index is 1.40. The third kappa shape index (κ3) is 3.85. The average Bonchev–Trinajstić information content (AvgIpc) is 3.33. The minimum atomic E-state index is 0.226. The number of ether oxygens (including phenoxy) is 1. The summed E-state index contributed by atoms with van der Waals surface area (Å²) < 4.78 is 8.62. The average molecular weight is 492 g/mol. The molecule has 0 spiro atoms. The van der Waals surface area contributed by atoms with Crippen LogP contribution >= 0.6 is 0 Å². The maximum atomic E-state index is 6.45. The van der Waals surface area contributed by atoms with E-state index >= 15 is 0 Å². The molecule has 0 aliphatic heterocycles. The van der Waals surface area contributed by atoms with Crippen molar-refractivity contribution in [3.8, 4) is 40.2 Å². The van der Waals surface area contributed by atoms with Gasteiger partial charge in [-0.1, -0.05) is 91.0 Å². The highest BCUT2D eigenvalue weighted by molar-refractivity contribution is 6.07. The molecule has 0 aliphatic rings. The van der Waals surface area contributed by atoms with Gasteiger partial charge in [0.2, 0.25) is 0 Å². The number of fused-ring (bicyclic) bond motifs is 3. The van der Waals surface area contributed by atoms with E-state index in [1.807, 2.05) is 109 Å². The van der Waals surface area contributed by atoms with Crippen molar-refractivity contribution in [3.05, 3.63) is 128 Å². The Kier molecular flexibility index (Phi) is 5.33. The zero-order valence-electron chi connectivity index (χ0n) is 20.3. The van der Waals surface area contributed by atoms with E-state index in [1.54, 1.807) is 0 Å². The lowest BCUT2D eigenvalue weighted by molar-refractivity contribution is 0.439. The predicted molar refractivity (Wildman–Crippen MR) is 149 cm³/mol. The third-order valence-corrected chi connectivity index (χ3v) is 6.41. The second-order valence-electron chi connectivity index (χ2n) is 8.79. The Morgan fingerprint density at radius 3 is 1.87 bits per heavy atom. The summed E-state index contributed by atoms with van der Waals surface area (Å²) in [6.45, 7) is 0. The van der Waals surface area contributed by atoms with Crippen LogP contribution in [-0.2, 0) is 0 Å². The van der Waals surface area contributed by atoms with Gasteiger partial charge >= 0.3 is 6.01 Å². The molecule has 0 aliphatic carbocycles. The van der Waals surface area contributed by atoms with Gasteiger partial charge in [0.05, 0.1) is 22.2 Å². The molecular weight excluding hydrogens is 470 g/mol. The zero-order chi connectivity index (χ0) is 25.3. The molecule has 6 heteroatoms. The van der Waals surface area contributed by atoms with Crippen LogP contribution in [0.25, 0.3) is 50.4 Å². The largest absolute Gasteiger partial charge is 0.422 e. The van der Waals surface area contributed by atoms with Gasteiger partial charge in [0, 0.05) is 22.7 Å². The van der Waals surface area contributed by atoms with Gasteiger partial charge in [-0.3, -0.25) is 4.98 Å². The lowest BCUT2D eigenvalue weighted by Crippen LogP contribution is -2.03. The van der Waals surface area contributed by atoms with E-state index < -0.39 is 0 Å². The fourth-order valence-corrected chi connectivity index (χ4v) is 4.70. The molecule has 3 heterocycles. The van der Waals surface area contributed by atoms with E-state index in [0.717, 1.165) is 38.8 Å². The van der Waals surface area contributed by atoms with Crippen LogP contribution in [0, 0.1) is 0 Å². The summed E-state index contributed by atoms with van der Waals surface area (Å²) >= 11 is 0. The second kappa shape index (κ2) is 9.26. The van der Waals surface area contributed by atoms with Crippen molar-refractivity contribution in [3.63, 3.8) is 0 Å². The molecule has 38 heavy (non-hydrogen) atoms. The molecule has 0 radical (unpaired) electrons. The first kappa shape index (κ1) is 21.9. The van der Waals surface area contributed by atoms with Crippen LogP contribution in [0.3, 0.4) is 0 Å². The standard InChI is InChI=1S/C32H21N5O/c1-3-12-22(13-4-1)30-34-31(23-14-5-2-6-15-23)36-32(35-30)38-28-20-10-9-18-26(28)37-25-17-8-7-16-24(25)29-27(37)19-11-21-33-29/h1-21H. The van der Waals surface area contributed by atoms with Gasteiger partial charge in [-0.25, -0.2) is 4.98 Å². The van der Waals surface area contributed by atoms with Crippen molar-refractivity contribution in [2.75, 3.05) is 0 Å². The van der Waals surface area contributed by atoms with E-state index in [4.69, 9.17) is 19.7 Å². The normalized spacial score (nSPS) is 11.2. The predicted octanol–water partition coefficient (Wildman–Crippen LogP) is 7.49. The monoisotopic (exact) mass is 491 g/mol. The first-order valence-electron chi connectivity index (χ1n) is 12.3. The van der Waals surface area contributed by atoms with Crippen molar-refractivity contribution in [2.24, 2.45) is 0 Å². The maximum absolute atomic E-state index is 6.45. The lowest BCUT2D eigenvalue weighted by atomic mass is 10.2. The first-order chi connectivity index (χ1) is 18.8. The molecule has 4 aromatic carbocycles. The Bertz CT molecular complexity index is 1790. The van der Waals surface area contributed by atoms with Gasteiger partial charge in [-0.15, -0.1) is 0 Å². The van der Waals surface area contributed by atoms with Gasteiger partial charge < -0.3 is 9.30 Å². The number of nitrogens with zero attached hydrogens (tertiary/aromatic N) is 5. The Morgan fingerprint density at radius 1 is 0.526 bits per heavy atom. The molecule has 0 atom stereocenters. The van der Waals surface area contributed by atoms with Crippen molar-refractivity contribution in [1.29, 1.82) is 0 Å². The summed E-state index contributed by atoms with van der Waals surface area (Å²) in [5, 5.41) is 1.08. The quantitative estimate of drug-likeness (QED) is 0.250. The summed E-state index contributed by atoms with van der Waals surface area (Å²) in [6, 6.07) is 40.1. The van der Waals surface area contributed by atoms with E-state index in [9.17, 15) is 0 Å². The number of para-hydroxylation sites is 3. The number of benzene rings is 4. The van der Waals surface area contributed by atoms with Gasteiger partial charge in [0.1, 0.15) is 0 Å².